The molecule has 0 aliphatic carbocycles. The summed E-state index contributed by atoms with van der Waals surface area (Å²) in [6, 6.07) is 0. The van der Waals surface area contributed by atoms with Gasteiger partial charge in [-0.2, -0.15) is 0 Å². The Morgan fingerprint density at radius 1 is 1.21 bits per heavy atom. The van der Waals surface area contributed by atoms with Crippen LogP contribution in [0.4, 0.5) is 0 Å². The van der Waals surface area contributed by atoms with E-state index in [0.29, 0.717) is 0 Å². The third kappa shape index (κ3) is 1.95. The summed E-state index contributed by atoms with van der Waals surface area (Å²) in [5.41, 5.74) is 8.11. The molecule has 0 unspecified atom stereocenters. The largest absolute Gasteiger partial charge is 0.394 e. The molecule has 0 aromatic heterocycles. The fraction of sp³-hybridized carbons (Fsp3) is 1.00. The molecule has 0 radical (unpaired) electrons. The number of aliphatic hydroxyl groups excluding tert-OH is 4. The van der Waals surface area contributed by atoms with E-state index in [2.05, 4.69) is 10.0 Å². The summed E-state index contributed by atoms with van der Waals surface area (Å²) in [5.74, 6) is 0. The molecular weight excluding hydrogens is 194 g/mol. The van der Waals surface area contributed by atoms with Gasteiger partial charge in [0.05, 0.1) is 6.61 Å². The highest BCUT2D eigenvalue weighted by Gasteiger charge is 2.42. The molecule has 0 saturated carbocycles. The molecule has 0 amide bonds. The molecular formula is C6H11N3O5. The fourth-order valence-corrected chi connectivity index (χ4v) is 1.23. The molecule has 0 aromatic rings. The van der Waals surface area contributed by atoms with E-state index in [4.69, 9.17) is 15.4 Å². The molecule has 1 saturated heterocycles. The van der Waals surface area contributed by atoms with Gasteiger partial charge in [-0.15, -0.1) is 0 Å². The monoisotopic (exact) mass is 205 g/mol. The van der Waals surface area contributed by atoms with Crippen molar-refractivity contribution < 1.29 is 25.2 Å². The summed E-state index contributed by atoms with van der Waals surface area (Å²) >= 11 is 0. The molecule has 1 heterocycles. The lowest BCUT2D eigenvalue weighted by molar-refractivity contribution is -0.227. The first-order valence-corrected chi connectivity index (χ1v) is 3.96. The van der Waals surface area contributed by atoms with E-state index in [1.807, 2.05) is 0 Å². The lowest BCUT2D eigenvalue weighted by atomic mass is 9.99. The molecule has 1 rings (SSSR count). The highest BCUT2D eigenvalue weighted by molar-refractivity contribution is 4.90. The van der Waals surface area contributed by atoms with Gasteiger partial charge < -0.3 is 25.2 Å². The van der Waals surface area contributed by atoms with Crippen LogP contribution in [0, 0.1) is 0 Å². The molecule has 0 spiro atoms. The molecule has 0 aromatic carbocycles. The van der Waals surface area contributed by atoms with Gasteiger partial charge in [0.1, 0.15) is 24.4 Å². The minimum Gasteiger partial charge on any atom is -0.394 e. The number of azide groups is 1. The van der Waals surface area contributed by atoms with Crippen LogP contribution in [-0.2, 0) is 4.74 Å². The molecule has 80 valence electrons. The predicted octanol–water partition coefficient (Wildman–Crippen LogP) is -1.90. The Kier molecular flexibility index (Phi) is 3.64. The van der Waals surface area contributed by atoms with Gasteiger partial charge in [-0.25, -0.2) is 0 Å². The number of rotatable bonds is 2. The molecule has 1 aliphatic rings. The van der Waals surface area contributed by atoms with E-state index in [0.717, 1.165) is 0 Å². The third-order valence-corrected chi connectivity index (χ3v) is 2.03. The standard InChI is InChI=1S/C6H11N3O5/c7-9-8-6-5(13)4(12)3(11)2(1-10)14-6/h2-6,10-13H,1H2/t2-,3-,4-,5-,6-/m1/s1. The van der Waals surface area contributed by atoms with Crippen molar-refractivity contribution in [1.82, 2.24) is 0 Å². The summed E-state index contributed by atoms with van der Waals surface area (Å²) in [5, 5.41) is 39.6. The lowest BCUT2D eigenvalue weighted by Crippen LogP contribution is -2.57. The van der Waals surface area contributed by atoms with Crippen molar-refractivity contribution in [3.05, 3.63) is 10.4 Å². The van der Waals surface area contributed by atoms with Crippen molar-refractivity contribution in [2.45, 2.75) is 30.6 Å². The van der Waals surface area contributed by atoms with Crippen LogP contribution in [-0.4, -0.2) is 57.7 Å². The first-order valence-electron chi connectivity index (χ1n) is 3.96. The van der Waals surface area contributed by atoms with Gasteiger partial charge in [-0.1, -0.05) is 5.11 Å². The maximum Gasteiger partial charge on any atom is 0.165 e. The molecule has 0 bridgehead atoms. The number of nitrogens with zero attached hydrogens (tertiary/aromatic N) is 3. The SMILES string of the molecule is [N-]=[N+]=N[C@@H]1O[C@H](CO)[C@@H](O)[C@@H](O)[C@H]1O. The second kappa shape index (κ2) is 4.56. The molecule has 8 nitrogen and oxygen atoms in total. The zero-order chi connectivity index (χ0) is 10.7. The first kappa shape index (κ1) is 11.2. The zero-order valence-corrected chi connectivity index (χ0v) is 7.13. The van der Waals surface area contributed by atoms with Crippen LogP contribution in [0.15, 0.2) is 5.11 Å². The van der Waals surface area contributed by atoms with Crippen molar-refractivity contribution in [3.8, 4) is 0 Å². The Morgan fingerprint density at radius 3 is 2.36 bits per heavy atom. The van der Waals surface area contributed by atoms with E-state index >= 15 is 0 Å². The second-order valence-corrected chi connectivity index (χ2v) is 2.92. The van der Waals surface area contributed by atoms with Gasteiger partial charge >= 0.3 is 0 Å². The van der Waals surface area contributed by atoms with Gasteiger partial charge in [0.2, 0.25) is 0 Å². The normalized spacial score (nSPS) is 43.0. The molecule has 4 N–H and O–H groups in total. The van der Waals surface area contributed by atoms with Crippen molar-refractivity contribution in [1.29, 1.82) is 0 Å². The van der Waals surface area contributed by atoms with Crippen LogP contribution in [0.25, 0.3) is 10.4 Å². The maximum absolute atomic E-state index is 9.27. The van der Waals surface area contributed by atoms with Crippen molar-refractivity contribution in [2.24, 2.45) is 5.11 Å². The third-order valence-electron chi connectivity index (χ3n) is 2.03. The van der Waals surface area contributed by atoms with E-state index in [-0.39, 0.29) is 0 Å². The van der Waals surface area contributed by atoms with Crippen molar-refractivity contribution >= 4 is 0 Å². The molecule has 14 heavy (non-hydrogen) atoms. The Labute approximate surface area is 79.0 Å². The second-order valence-electron chi connectivity index (χ2n) is 2.92. The number of ether oxygens (including phenoxy) is 1. The summed E-state index contributed by atoms with van der Waals surface area (Å²) in [4.78, 5) is 2.40. The van der Waals surface area contributed by atoms with E-state index in [1.165, 1.54) is 0 Å². The lowest BCUT2D eigenvalue weighted by Gasteiger charge is -2.37. The quantitative estimate of drug-likeness (QED) is 0.237. The van der Waals surface area contributed by atoms with Crippen LogP contribution in [0.2, 0.25) is 0 Å². The van der Waals surface area contributed by atoms with E-state index < -0.39 is 37.3 Å². The Hall–Kier alpha value is -0.890. The van der Waals surface area contributed by atoms with Crippen molar-refractivity contribution in [3.63, 3.8) is 0 Å². The summed E-state index contributed by atoms with van der Waals surface area (Å²) in [6.45, 7) is -0.539. The average molecular weight is 205 g/mol. The molecule has 1 fully saturated rings. The number of aliphatic hydroxyl groups is 4. The van der Waals surface area contributed by atoms with Gasteiger partial charge in [0.25, 0.3) is 0 Å². The Bertz CT molecular complexity index is 242. The average Bonchev–Trinajstić information content (AvgIpc) is 2.19. The van der Waals surface area contributed by atoms with E-state index in [1.54, 1.807) is 0 Å². The predicted molar refractivity (Wildman–Crippen MR) is 42.9 cm³/mol. The van der Waals surface area contributed by atoms with Crippen LogP contribution in [0.5, 0.6) is 0 Å². The summed E-state index contributed by atoms with van der Waals surface area (Å²) < 4.78 is 4.84. The summed E-state index contributed by atoms with van der Waals surface area (Å²) in [7, 11) is 0. The molecule has 5 atom stereocenters. The minimum absolute atomic E-state index is 0.539. The maximum atomic E-state index is 9.27. The Balaban J connectivity index is 2.77. The highest BCUT2D eigenvalue weighted by atomic mass is 16.6. The van der Waals surface area contributed by atoms with Gasteiger partial charge in [0, 0.05) is 4.91 Å². The van der Waals surface area contributed by atoms with Gasteiger partial charge in [0.15, 0.2) is 6.23 Å². The van der Waals surface area contributed by atoms with Crippen molar-refractivity contribution in [2.75, 3.05) is 6.61 Å². The number of hydrogen-bond acceptors (Lipinski definition) is 6. The number of hydrogen-bond donors (Lipinski definition) is 4. The summed E-state index contributed by atoms with van der Waals surface area (Å²) in [6.07, 6.45) is -6.76. The fourth-order valence-electron chi connectivity index (χ4n) is 1.23. The first-order chi connectivity index (χ1) is 6.61. The smallest absolute Gasteiger partial charge is 0.165 e. The van der Waals surface area contributed by atoms with Crippen LogP contribution >= 0.6 is 0 Å². The highest BCUT2D eigenvalue weighted by Crippen LogP contribution is 2.21. The minimum atomic E-state index is -1.50. The topological polar surface area (TPSA) is 139 Å². The van der Waals surface area contributed by atoms with Crippen LogP contribution in [0.3, 0.4) is 0 Å². The van der Waals surface area contributed by atoms with Crippen LogP contribution in [0.1, 0.15) is 0 Å². The Morgan fingerprint density at radius 2 is 1.86 bits per heavy atom. The zero-order valence-electron chi connectivity index (χ0n) is 7.13. The van der Waals surface area contributed by atoms with Gasteiger partial charge in [-0.05, 0) is 5.53 Å². The molecule has 8 heteroatoms. The molecule has 1 aliphatic heterocycles. The van der Waals surface area contributed by atoms with Gasteiger partial charge in [-0.3, -0.25) is 0 Å². The van der Waals surface area contributed by atoms with E-state index in [9.17, 15) is 15.3 Å². The van der Waals surface area contributed by atoms with Crippen LogP contribution < -0.4 is 0 Å².